The Labute approximate surface area is 88.4 Å². The van der Waals surface area contributed by atoms with Crippen LogP contribution in [0, 0.1) is 0 Å². The molecule has 2 heterocycles. The molecular weight excluding hydrogens is 220 g/mol. The van der Waals surface area contributed by atoms with Gasteiger partial charge in [0.05, 0.1) is 0 Å². The average Bonchev–Trinajstić information content (AvgIpc) is 2.17. The molecule has 0 spiro atoms. The zero-order valence-electron chi connectivity index (χ0n) is 7.31. The van der Waals surface area contributed by atoms with E-state index in [0.717, 1.165) is 0 Å². The smallest absolute Gasteiger partial charge is 0.264 e. The van der Waals surface area contributed by atoms with E-state index in [0.29, 0.717) is 5.69 Å². The normalized spacial score (nSPS) is 10.2. The Morgan fingerprint density at radius 3 is 2.67 bits per heavy atom. The molecule has 0 aliphatic carbocycles. The number of nitrogens with one attached hydrogen (secondary N) is 1. The van der Waals surface area contributed by atoms with Gasteiger partial charge in [0.15, 0.2) is 5.82 Å². The van der Waals surface area contributed by atoms with E-state index in [1.165, 1.54) is 12.1 Å². The number of aromatic nitrogens is 5. The first-order valence-corrected chi connectivity index (χ1v) is 4.26. The van der Waals surface area contributed by atoms with Crippen molar-refractivity contribution in [2.75, 3.05) is 5.73 Å². The molecule has 0 saturated carbocycles. The summed E-state index contributed by atoms with van der Waals surface area (Å²) in [4.78, 5) is 22.0. The van der Waals surface area contributed by atoms with Gasteiger partial charge in [0.2, 0.25) is 11.2 Å². The van der Waals surface area contributed by atoms with Gasteiger partial charge in [-0.25, -0.2) is 5.10 Å². The van der Waals surface area contributed by atoms with Crippen molar-refractivity contribution in [2.24, 2.45) is 0 Å². The summed E-state index contributed by atoms with van der Waals surface area (Å²) < 4.78 is 0. The van der Waals surface area contributed by atoms with Gasteiger partial charge in [-0.15, -0.1) is 0 Å². The zero-order valence-corrected chi connectivity index (χ0v) is 8.06. The number of rotatable bonds is 1. The lowest BCUT2D eigenvalue weighted by Gasteiger charge is -1.98. The minimum Gasteiger partial charge on any atom is -0.368 e. The average molecular weight is 225 g/mol. The third-order valence-electron chi connectivity index (χ3n) is 1.53. The number of aromatic amines is 1. The monoisotopic (exact) mass is 224 g/mol. The van der Waals surface area contributed by atoms with Gasteiger partial charge in [-0.2, -0.15) is 20.1 Å². The van der Waals surface area contributed by atoms with Crippen molar-refractivity contribution in [3.63, 3.8) is 0 Å². The largest absolute Gasteiger partial charge is 0.368 e. The topological polar surface area (TPSA) is 110 Å². The number of halogens is 1. The summed E-state index contributed by atoms with van der Waals surface area (Å²) in [5, 5.41) is 5.95. The van der Waals surface area contributed by atoms with Crippen molar-refractivity contribution in [1.29, 1.82) is 0 Å². The van der Waals surface area contributed by atoms with Crippen molar-refractivity contribution >= 4 is 17.5 Å². The molecule has 0 atom stereocenters. The minimum absolute atomic E-state index is 0.00185. The second-order valence-corrected chi connectivity index (χ2v) is 2.93. The molecule has 0 aliphatic rings. The van der Waals surface area contributed by atoms with Crippen LogP contribution in [-0.4, -0.2) is 25.1 Å². The molecule has 3 N–H and O–H groups in total. The Morgan fingerprint density at radius 2 is 2.07 bits per heavy atom. The van der Waals surface area contributed by atoms with E-state index in [1.807, 2.05) is 0 Å². The molecule has 76 valence electrons. The maximum absolute atomic E-state index is 10.8. The van der Waals surface area contributed by atoms with Gasteiger partial charge in [0, 0.05) is 6.07 Å². The van der Waals surface area contributed by atoms with Crippen LogP contribution in [0.15, 0.2) is 16.9 Å². The van der Waals surface area contributed by atoms with Crippen molar-refractivity contribution < 1.29 is 0 Å². The van der Waals surface area contributed by atoms with Crippen molar-refractivity contribution in [3.05, 3.63) is 27.8 Å². The van der Waals surface area contributed by atoms with Crippen LogP contribution in [0.4, 0.5) is 5.95 Å². The maximum atomic E-state index is 10.8. The summed E-state index contributed by atoms with van der Waals surface area (Å²) in [7, 11) is 0. The molecule has 7 nitrogen and oxygen atoms in total. The first-order chi connectivity index (χ1) is 7.15. The van der Waals surface area contributed by atoms with E-state index >= 15 is 0 Å². The number of nitrogens with zero attached hydrogens (tertiary/aromatic N) is 4. The Kier molecular flexibility index (Phi) is 2.30. The molecule has 0 unspecified atom stereocenters. The fraction of sp³-hybridized carbons (Fsp3) is 0. The molecule has 0 fully saturated rings. The van der Waals surface area contributed by atoms with E-state index in [4.69, 9.17) is 17.3 Å². The third kappa shape index (κ3) is 2.08. The quantitative estimate of drug-likeness (QED) is 0.697. The molecule has 0 aliphatic heterocycles. The molecule has 2 rings (SSSR count). The Balaban J connectivity index is 2.53. The summed E-state index contributed by atoms with van der Waals surface area (Å²) in [6, 6.07) is 2.76. The number of nitrogens with two attached hydrogens (primary N) is 1. The molecule has 8 heteroatoms. The maximum Gasteiger partial charge on any atom is 0.264 e. The van der Waals surface area contributed by atoms with Gasteiger partial charge < -0.3 is 5.73 Å². The van der Waals surface area contributed by atoms with Gasteiger partial charge in [-0.3, -0.25) is 4.79 Å². The van der Waals surface area contributed by atoms with Gasteiger partial charge in [0.1, 0.15) is 5.69 Å². The Morgan fingerprint density at radius 1 is 1.27 bits per heavy atom. The molecule has 0 aromatic carbocycles. The molecule has 0 amide bonds. The highest BCUT2D eigenvalue weighted by atomic mass is 35.5. The van der Waals surface area contributed by atoms with Crippen molar-refractivity contribution in [2.45, 2.75) is 0 Å². The van der Waals surface area contributed by atoms with Crippen LogP contribution in [0.3, 0.4) is 0 Å². The molecule has 0 saturated heterocycles. The van der Waals surface area contributed by atoms with Crippen LogP contribution >= 0.6 is 11.6 Å². The van der Waals surface area contributed by atoms with Gasteiger partial charge in [-0.05, 0) is 17.7 Å². The molecule has 0 bridgehead atoms. The highest BCUT2D eigenvalue weighted by Crippen LogP contribution is 2.12. The van der Waals surface area contributed by atoms with Crippen molar-refractivity contribution in [3.8, 4) is 11.5 Å². The summed E-state index contributed by atoms with van der Waals surface area (Å²) >= 11 is 5.59. The summed E-state index contributed by atoms with van der Waals surface area (Å²) in [5.74, 6) is 0.210. The lowest BCUT2D eigenvalue weighted by atomic mass is 10.4. The number of anilines is 1. The van der Waals surface area contributed by atoms with Crippen LogP contribution in [0.25, 0.3) is 11.5 Å². The van der Waals surface area contributed by atoms with Crippen LogP contribution in [0.5, 0.6) is 0 Å². The third-order valence-corrected chi connectivity index (χ3v) is 1.70. The fourth-order valence-corrected chi connectivity index (χ4v) is 1.12. The Hall–Kier alpha value is -2.02. The second kappa shape index (κ2) is 3.62. The van der Waals surface area contributed by atoms with Crippen molar-refractivity contribution in [1.82, 2.24) is 25.1 Å². The van der Waals surface area contributed by atoms with Crippen LogP contribution in [0.2, 0.25) is 5.28 Å². The lowest BCUT2D eigenvalue weighted by molar-refractivity contribution is 0.967. The highest BCUT2D eigenvalue weighted by Gasteiger charge is 2.06. The first-order valence-electron chi connectivity index (χ1n) is 3.88. The molecule has 2 aromatic rings. The molecular formula is C7H5ClN6O. The second-order valence-electron chi connectivity index (χ2n) is 2.59. The van der Waals surface area contributed by atoms with E-state index in [-0.39, 0.29) is 22.6 Å². The van der Waals surface area contributed by atoms with Crippen LogP contribution in [0.1, 0.15) is 0 Å². The van der Waals surface area contributed by atoms with E-state index < -0.39 is 0 Å². The predicted molar refractivity (Wildman–Crippen MR) is 53.1 cm³/mol. The minimum atomic E-state index is -0.313. The van der Waals surface area contributed by atoms with Gasteiger partial charge in [-0.1, -0.05) is 0 Å². The van der Waals surface area contributed by atoms with Gasteiger partial charge in [0.25, 0.3) is 5.56 Å². The van der Waals surface area contributed by atoms with Crippen LogP contribution < -0.4 is 11.3 Å². The Bertz CT molecular complexity index is 513. The first kappa shape index (κ1) is 9.53. The van der Waals surface area contributed by atoms with E-state index in [2.05, 4.69) is 25.1 Å². The SMILES string of the molecule is Nc1nc(Cl)nc(-c2ccc(=O)[nH]n2)n1. The van der Waals surface area contributed by atoms with Crippen LogP contribution in [-0.2, 0) is 0 Å². The standard InChI is InChI=1S/C7H5ClN6O/c8-6-10-5(11-7(9)12-6)3-1-2-4(15)14-13-3/h1-2H,(H,14,15)(H2,9,10,11,12). The number of nitrogen functional groups attached to an aromatic ring is 1. The molecule has 2 aromatic heterocycles. The molecule has 0 radical (unpaired) electrons. The number of hydrogen-bond acceptors (Lipinski definition) is 6. The molecule has 15 heavy (non-hydrogen) atoms. The number of H-pyrrole nitrogens is 1. The van der Waals surface area contributed by atoms with E-state index in [1.54, 1.807) is 0 Å². The number of hydrogen-bond donors (Lipinski definition) is 2. The summed E-state index contributed by atoms with van der Waals surface area (Å²) in [6.07, 6.45) is 0. The van der Waals surface area contributed by atoms with E-state index in [9.17, 15) is 4.79 Å². The summed E-state index contributed by atoms with van der Waals surface area (Å²) in [5.41, 5.74) is 5.43. The van der Waals surface area contributed by atoms with Gasteiger partial charge >= 0.3 is 0 Å². The summed E-state index contributed by atoms with van der Waals surface area (Å²) in [6.45, 7) is 0. The predicted octanol–water partition coefficient (Wildman–Crippen LogP) is -0.143. The zero-order chi connectivity index (χ0) is 10.8. The lowest BCUT2D eigenvalue weighted by Crippen LogP contribution is -2.07. The highest BCUT2D eigenvalue weighted by molar-refractivity contribution is 6.28. The fourth-order valence-electron chi connectivity index (χ4n) is 0.949.